The first-order valence-corrected chi connectivity index (χ1v) is 4.55. The van der Waals surface area contributed by atoms with Crippen LogP contribution in [0.4, 0.5) is 0 Å². The van der Waals surface area contributed by atoms with E-state index in [1.807, 2.05) is 0 Å². The summed E-state index contributed by atoms with van der Waals surface area (Å²) in [6.07, 6.45) is 11.5. The van der Waals surface area contributed by atoms with Crippen molar-refractivity contribution in [2.45, 2.75) is 13.8 Å². The second-order valence-corrected chi connectivity index (χ2v) is 2.41. The lowest BCUT2D eigenvalue weighted by molar-refractivity contribution is -0.298. The fourth-order valence-corrected chi connectivity index (χ4v) is 0.490. The molecular weight excluding hydrogens is 208 g/mol. The minimum absolute atomic E-state index is 0.972. The summed E-state index contributed by atoms with van der Waals surface area (Å²) in [6.45, 7) is 3.61. The van der Waals surface area contributed by atoms with Gasteiger partial charge in [0.05, 0.1) is 11.9 Å². The fraction of sp³-hybridized carbons (Fsp3) is 0.167. The molecule has 88 valence electrons. The van der Waals surface area contributed by atoms with Crippen LogP contribution in [0.5, 0.6) is 0 Å². The molecule has 0 bridgehead atoms. The molecule has 0 amide bonds. The van der Waals surface area contributed by atoms with E-state index in [4.69, 9.17) is 0 Å². The van der Waals surface area contributed by atoms with Crippen LogP contribution < -0.4 is 10.2 Å². The van der Waals surface area contributed by atoms with Crippen LogP contribution >= 0.6 is 0 Å². The quantitative estimate of drug-likeness (QED) is 0.484. The number of aliphatic carboxylic acids is 2. The van der Waals surface area contributed by atoms with Crippen molar-refractivity contribution < 1.29 is 19.8 Å². The van der Waals surface area contributed by atoms with E-state index in [0.717, 1.165) is 12.2 Å². The van der Waals surface area contributed by atoms with Gasteiger partial charge in [0.25, 0.3) is 0 Å². The molecule has 0 atom stereocenters. The highest BCUT2D eigenvalue weighted by atomic mass is 16.4. The molecule has 0 unspecified atom stereocenters. The Kier molecular flexibility index (Phi) is 13.2. The second-order valence-electron chi connectivity index (χ2n) is 2.41. The maximum Gasteiger partial charge on any atom is 0.0642 e. The normalized spacial score (nSPS) is 11.1. The van der Waals surface area contributed by atoms with Gasteiger partial charge in [-0.05, 0) is 26.0 Å². The van der Waals surface area contributed by atoms with Crippen LogP contribution in [-0.2, 0) is 9.59 Å². The Morgan fingerprint density at radius 1 is 0.750 bits per heavy atom. The zero-order valence-electron chi connectivity index (χ0n) is 9.25. The molecule has 4 heteroatoms. The number of carbonyl (C=O) groups excluding carboxylic acids is 2. The van der Waals surface area contributed by atoms with Gasteiger partial charge in [-0.15, -0.1) is 0 Å². The van der Waals surface area contributed by atoms with Crippen molar-refractivity contribution in [3.8, 4) is 0 Å². The predicted octanol–water partition coefficient (Wildman–Crippen LogP) is -0.263. The first kappa shape index (κ1) is 16.3. The molecule has 0 N–H and O–H groups in total. The van der Waals surface area contributed by atoms with Crippen molar-refractivity contribution in [3.05, 3.63) is 48.6 Å². The molecular formula is C12H14O4-2. The minimum Gasteiger partial charge on any atom is -0.545 e. The highest BCUT2D eigenvalue weighted by Crippen LogP contribution is 1.73. The minimum atomic E-state index is -1.16. The van der Waals surface area contributed by atoms with Crippen LogP contribution in [0.1, 0.15) is 13.8 Å². The topological polar surface area (TPSA) is 80.3 Å². The smallest absolute Gasteiger partial charge is 0.0642 e. The highest BCUT2D eigenvalue weighted by Gasteiger charge is 1.65. The average molecular weight is 222 g/mol. The van der Waals surface area contributed by atoms with Crippen molar-refractivity contribution >= 4 is 11.9 Å². The number of hydrogen-bond acceptors (Lipinski definition) is 4. The first-order valence-electron chi connectivity index (χ1n) is 4.55. The largest absolute Gasteiger partial charge is 0.545 e. The summed E-state index contributed by atoms with van der Waals surface area (Å²) < 4.78 is 0. The van der Waals surface area contributed by atoms with Crippen LogP contribution in [0, 0.1) is 0 Å². The SMILES string of the molecule is C/C=C/C=C/C(=O)[O-].C/C=C/C=C/C(=O)[O-]. The Labute approximate surface area is 94.9 Å². The van der Waals surface area contributed by atoms with Crippen molar-refractivity contribution in [2.24, 2.45) is 0 Å². The molecule has 0 spiro atoms. The van der Waals surface area contributed by atoms with Gasteiger partial charge in [-0.1, -0.05) is 36.5 Å². The zero-order chi connectivity index (χ0) is 12.8. The number of rotatable bonds is 4. The molecule has 0 saturated heterocycles. The van der Waals surface area contributed by atoms with Gasteiger partial charge in [0, 0.05) is 0 Å². The van der Waals surface area contributed by atoms with E-state index in [9.17, 15) is 19.8 Å². The van der Waals surface area contributed by atoms with Gasteiger partial charge in [-0.3, -0.25) is 0 Å². The van der Waals surface area contributed by atoms with Crippen LogP contribution in [0.15, 0.2) is 48.6 Å². The Balaban J connectivity index is 0. The molecule has 16 heavy (non-hydrogen) atoms. The summed E-state index contributed by atoms with van der Waals surface area (Å²) in [5.74, 6) is -2.33. The number of allylic oxidation sites excluding steroid dienone is 6. The van der Waals surface area contributed by atoms with E-state index < -0.39 is 11.9 Å². The van der Waals surface area contributed by atoms with Crippen molar-refractivity contribution in [1.29, 1.82) is 0 Å². The van der Waals surface area contributed by atoms with Gasteiger partial charge in [0.15, 0.2) is 0 Å². The fourth-order valence-electron chi connectivity index (χ4n) is 0.490. The van der Waals surface area contributed by atoms with Gasteiger partial charge in [-0.2, -0.15) is 0 Å². The molecule has 0 fully saturated rings. The van der Waals surface area contributed by atoms with E-state index in [-0.39, 0.29) is 0 Å². The number of hydrogen-bond donors (Lipinski definition) is 0. The molecule has 0 aromatic rings. The third-order valence-corrected chi connectivity index (χ3v) is 1.07. The summed E-state index contributed by atoms with van der Waals surface area (Å²) in [5, 5.41) is 19.3. The third-order valence-electron chi connectivity index (χ3n) is 1.07. The Bertz CT molecular complexity index is 277. The highest BCUT2D eigenvalue weighted by molar-refractivity contribution is 5.78. The average Bonchev–Trinajstić information content (AvgIpc) is 2.18. The molecule has 0 aromatic carbocycles. The molecule has 0 saturated carbocycles. The molecule has 0 aromatic heterocycles. The first-order chi connectivity index (χ1) is 7.54. The number of carboxylic acids is 2. The van der Waals surface area contributed by atoms with Gasteiger partial charge < -0.3 is 19.8 Å². The van der Waals surface area contributed by atoms with Crippen molar-refractivity contribution in [3.63, 3.8) is 0 Å². The van der Waals surface area contributed by atoms with Gasteiger partial charge >= 0.3 is 0 Å². The van der Waals surface area contributed by atoms with Crippen molar-refractivity contribution in [1.82, 2.24) is 0 Å². The monoisotopic (exact) mass is 222 g/mol. The summed E-state index contributed by atoms with van der Waals surface area (Å²) >= 11 is 0. The summed E-state index contributed by atoms with van der Waals surface area (Å²) in [4.78, 5) is 19.3. The lowest BCUT2D eigenvalue weighted by Crippen LogP contribution is -2.18. The Morgan fingerprint density at radius 2 is 1.06 bits per heavy atom. The summed E-state index contributed by atoms with van der Waals surface area (Å²) in [6, 6.07) is 0. The van der Waals surface area contributed by atoms with Crippen LogP contribution in [0.3, 0.4) is 0 Å². The van der Waals surface area contributed by atoms with Crippen LogP contribution in [0.25, 0.3) is 0 Å². The molecule has 0 aliphatic rings. The Hall–Kier alpha value is -2.10. The van der Waals surface area contributed by atoms with Crippen LogP contribution in [0.2, 0.25) is 0 Å². The number of carbonyl (C=O) groups is 2. The summed E-state index contributed by atoms with van der Waals surface area (Å²) in [7, 11) is 0. The molecule has 0 aliphatic carbocycles. The van der Waals surface area contributed by atoms with E-state index in [1.165, 1.54) is 12.2 Å². The number of carboxylic acid groups (broad SMARTS) is 2. The van der Waals surface area contributed by atoms with Crippen molar-refractivity contribution in [2.75, 3.05) is 0 Å². The van der Waals surface area contributed by atoms with Gasteiger partial charge in [0.1, 0.15) is 0 Å². The molecule has 4 nitrogen and oxygen atoms in total. The molecule has 0 radical (unpaired) electrons. The van der Waals surface area contributed by atoms with Gasteiger partial charge in [0.2, 0.25) is 0 Å². The maximum absolute atomic E-state index is 9.64. The lowest BCUT2D eigenvalue weighted by Gasteiger charge is -1.84. The third kappa shape index (κ3) is 22.7. The Morgan fingerprint density at radius 3 is 1.25 bits per heavy atom. The molecule has 0 rings (SSSR count). The second kappa shape index (κ2) is 12.9. The lowest BCUT2D eigenvalue weighted by atomic mass is 10.4. The van der Waals surface area contributed by atoms with E-state index in [2.05, 4.69) is 0 Å². The van der Waals surface area contributed by atoms with E-state index in [1.54, 1.807) is 38.2 Å². The molecule has 0 aliphatic heterocycles. The molecule has 0 heterocycles. The maximum atomic E-state index is 9.64. The van der Waals surface area contributed by atoms with E-state index in [0.29, 0.717) is 0 Å². The van der Waals surface area contributed by atoms with Gasteiger partial charge in [-0.25, -0.2) is 0 Å². The summed E-state index contributed by atoms with van der Waals surface area (Å²) in [5.41, 5.74) is 0. The standard InChI is InChI=1S/2C6H8O2/c2*1-2-3-4-5-6(7)8/h2*2-5H,1H3,(H,7,8)/p-2/b2*3-2+,5-4+. The predicted molar refractivity (Wildman–Crippen MR) is 57.9 cm³/mol. The van der Waals surface area contributed by atoms with E-state index >= 15 is 0 Å². The van der Waals surface area contributed by atoms with Crippen LogP contribution in [-0.4, -0.2) is 11.9 Å². The zero-order valence-corrected chi connectivity index (χ0v) is 9.25.